The second-order valence-corrected chi connectivity index (χ2v) is 16.0. The Labute approximate surface area is 850 Å². The van der Waals surface area contributed by atoms with Gasteiger partial charge in [0, 0.05) is 522 Å². The zero-order valence-electron chi connectivity index (χ0n) is 43.4. The van der Waals surface area contributed by atoms with Gasteiger partial charge in [0.1, 0.15) is 17.4 Å². The molecule has 12 aromatic rings. The van der Waals surface area contributed by atoms with Crippen LogP contribution in [0.2, 0.25) is 0 Å². The molecule has 544 valence electrons. The first-order valence-electron chi connectivity index (χ1n) is 21.7. The Kier molecular flexibility index (Phi) is 89.6. The van der Waals surface area contributed by atoms with Gasteiger partial charge in [-0.2, -0.15) is 24.3 Å². The fourth-order valence-electron chi connectivity index (χ4n) is 8.42. The summed E-state index contributed by atoms with van der Waals surface area (Å²) >= 11 is 0. The molecule has 0 atom stereocenters. The Morgan fingerprint density at radius 1 is 0.315 bits per heavy atom. The van der Waals surface area contributed by atoms with Crippen LogP contribution in [0.3, 0.4) is 0 Å². The van der Waals surface area contributed by atoms with E-state index in [9.17, 15) is 0 Å². The molecule has 0 spiro atoms. The molecule has 6 heterocycles. The van der Waals surface area contributed by atoms with E-state index in [0.29, 0.717) is 17.5 Å². The standard InChI is InChI=1S/C29H21N3O.C29H19N3O.23Pt/c2*1-20-14-16-30-28(17-20)32-26-10-3-2-9-24(26)25-13-12-22(19-27(25)32)21-7-6-8-23(18-21)33-29-11-4-5-15-31-29;;;;;;;;;;;;;;;;;;;;;;;/h2-19H,1H3;2-17H,1H3;;;;;;;;;;;;;;;;;;;;;;;/q;-2;;;;;;;;;;;;;;;;;;;;;;;+2. The number of para-hydroxylation sites is 2. The fourth-order valence-corrected chi connectivity index (χ4v) is 8.42. The first-order chi connectivity index (χ1) is 32.5. The van der Waals surface area contributed by atoms with E-state index in [2.05, 4.69) is 152 Å². The van der Waals surface area contributed by atoms with Crippen molar-refractivity contribution in [2.75, 3.05) is 0 Å². The number of pyridine rings is 4. The zero-order valence-corrected chi connectivity index (χ0v) is 95.7. The van der Waals surface area contributed by atoms with Crippen LogP contribution in [0.15, 0.2) is 207 Å². The third-order valence-electron chi connectivity index (χ3n) is 11.5. The predicted octanol–water partition coefficient (Wildman–Crippen LogP) is 14.2. The zero-order chi connectivity index (χ0) is 44.4. The molecule has 0 unspecified atom stereocenters. The van der Waals surface area contributed by atoms with E-state index >= 15 is 0 Å². The summed E-state index contributed by atoms with van der Waals surface area (Å²) in [5, 5.41) is 4.74. The molecule has 8 nitrogen and oxygen atoms in total. The average Bonchev–Trinajstić information content (AvgIpc) is 3.87. The Balaban J connectivity index is -0.0000000938. The predicted molar refractivity (Wildman–Crippen MR) is 264 cm³/mol. The van der Waals surface area contributed by atoms with Crippen LogP contribution in [-0.4, -0.2) is 29.1 Å². The van der Waals surface area contributed by atoms with Crippen LogP contribution >= 0.6 is 0 Å². The molecule has 12 rings (SSSR count). The summed E-state index contributed by atoms with van der Waals surface area (Å²) in [5.74, 6) is 4.29. The monoisotopic (exact) mass is 5340 g/mol. The third-order valence-corrected chi connectivity index (χ3v) is 11.5. The summed E-state index contributed by atoms with van der Waals surface area (Å²) in [6.07, 6.45) is 7.15. The quantitative estimate of drug-likeness (QED) is 0.141. The van der Waals surface area contributed by atoms with Crippen molar-refractivity contribution in [1.29, 1.82) is 0 Å². The Morgan fingerprint density at radius 3 is 1.28 bits per heavy atom. The van der Waals surface area contributed by atoms with Crippen molar-refractivity contribution in [3.05, 3.63) is 230 Å². The number of fused-ring (bicyclic) bond motifs is 6. The molecule has 0 fully saturated rings. The van der Waals surface area contributed by atoms with Crippen LogP contribution in [0.4, 0.5) is 0 Å². The number of benzene rings is 6. The van der Waals surface area contributed by atoms with Crippen LogP contribution < -0.4 is 9.47 Å². The van der Waals surface area contributed by atoms with Gasteiger partial charge in [0.05, 0.1) is 11.0 Å². The van der Waals surface area contributed by atoms with E-state index < -0.39 is 0 Å². The van der Waals surface area contributed by atoms with Gasteiger partial charge in [-0.1, -0.05) is 78.2 Å². The summed E-state index contributed by atoms with van der Waals surface area (Å²) in [6, 6.07) is 68.1. The van der Waals surface area contributed by atoms with Crippen LogP contribution in [0.25, 0.3) is 77.5 Å². The minimum Gasteiger partial charge on any atom is -0.460 e. The molecule has 0 radical (unpaired) electrons. The van der Waals surface area contributed by atoms with Crippen molar-refractivity contribution >= 4 is 43.6 Å². The Morgan fingerprint density at radius 2 is 0.753 bits per heavy atom. The van der Waals surface area contributed by atoms with Gasteiger partial charge < -0.3 is 14.0 Å². The van der Waals surface area contributed by atoms with Crippen LogP contribution in [0, 0.1) is 26.0 Å². The SMILES string of the molecule is Cc1ccnc(-n2c3[c-]c(-c4[c-]c(Oc5ccccn5)ccc4)ccc3c3ccccc32)c1.Cc1ccnc(-n2c3ccccc3c3ccc(-c4cccc(Oc5ccccn5)c4)cc32)c1.[Pt+2].[Pt].[Pt].[Pt].[Pt].[Pt].[Pt].[Pt].[Pt].[Pt].[Pt].[Pt].[Pt].[Pt].[Pt].[Pt].[Pt].[Pt].[Pt].[Pt].[Pt].[Pt].[Pt]. The maximum atomic E-state index is 5.96. The van der Waals surface area contributed by atoms with Gasteiger partial charge in [0.15, 0.2) is 0 Å². The van der Waals surface area contributed by atoms with Crippen LogP contribution in [0.1, 0.15) is 11.1 Å². The van der Waals surface area contributed by atoms with Crippen molar-refractivity contribution < 1.29 is 494 Å². The van der Waals surface area contributed by atoms with E-state index in [1.54, 1.807) is 12.4 Å². The molecule has 0 saturated carbocycles. The van der Waals surface area contributed by atoms with Gasteiger partial charge in [-0.25, -0.2) is 31.1 Å². The number of aryl methyl sites for hydroxylation is 2. The van der Waals surface area contributed by atoms with Gasteiger partial charge in [0.2, 0.25) is 11.8 Å². The molecule has 0 aliphatic rings. The summed E-state index contributed by atoms with van der Waals surface area (Å²) in [4.78, 5) is 17.8. The molecule has 0 N–H and O–H groups in total. The Hall–Kier alpha value is 6.95. The van der Waals surface area contributed by atoms with Gasteiger partial charge in [0.25, 0.3) is 0 Å². The topological polar surface area (TPSA) is 79.9 Å². The van der Waals surface area contributed by atoms with E-state index in [1.807, 2.05) is 97.3 Å². The van der Waals surface area contributed by atoms with Crippen LogP contribution in [0.5, 0.6) is 23.3 Å². The first kappa shape index (κ1) is 126. The minimum absolute atomic E-state index is 0. The average molecular weight is 5340 g/mol. The maximum Gasteiger partial charge on any atom is 2.00 e. The number of hydrogen-bond acceptors (Lipinski definition) is 6. The third kappa shape index (κ3) is 32.5. The van der Waals surface area contributed by atoms with Crippen molar-refractivity contribution in [2.45, 2.75) is 13.8 Å². The van der Waals surface area contributed by atoms with Crippen LogP contribution in [-0.2, 0) is 485 Å². The largest absolute Gasteiger partial charge is 2.00 e. The molecule has 6 aromatic heterocycles. The first-order valence-corrected chi connectivity index (χ1v) is 21.7. The van der Waals surface area contributed by atoms with E-state index in [1.165, 1.54) is 21.7 Å². The summed E-state index contributed by atoms with van der Waals surface area (Å²) in [5.41, 5.74) is 10.7. The van der Waals surface area contributed by atoms with Gasteiger partial charge in [-0.05, 0) is 114 Å². The molecule has 0 amide bonds. The summed E-state index contributed by atoms with van der Waals surface area (Å²) in [6.45, 7) is 4.17. The van der Waals surface area contributed by atoms with Crippen molar-refractivity contribution in [3.63, 3.8) is 0 Å². The molecule has 89 heavy (non-hydrogen) atoms. The molecular weight excluding hydrogens is 5300 g/mol. The maximum absolute atomic E-state index is 5.96. The number of aromatic nitrogens is 6. The van der Waals surface area contributed by atoms with E-state index in [0.717, 1.165) is 72.7 Å². The van der Waals surface area contributed by atoms with Gasteiger partial charge in [-0.3, -0.25) is 4.57 Å². The van der Waals surface area contributed by atoms with Gasteiger partial charge in [-0.15, -0.1) is 18.2 Å². The van der Waals surface area contributed by atoms with Crippen molar-refractivity contribution in [2.24, 2.45) is 0 Å². The summed E-state index contributed by atoms with van der Waals surface area (Å²) < 4.78 is 16.3. The number of nitrogens with zero attached hydrogens (tertiary/aromatic N) is 6. The second-order valence-electron chi connectivity index (χ2n) is 16.0. The molecule has 0 bridgehead atoms. The normalized spacial score (nSPS) is 8.29. The molecule has 6 aromatic carbocycles. The molecule has 0 aliphatic carbocycles. The molecule has 0 aliphatic heterocycles. The fraction of sp³-hybridized carbons (Fsp3) is 0.0345. The number of hydrogen-bond donors (Lipinski definition) is 0. The number of rotatable bonds is 8. The van der Waals surface area contributed by atoms with Crippen molar-refractivity contribution in [1.82, 2.24) is 29.1 Å². The van der Waals surface area contributed by atoms with Gasteiger partial charge >= 0.3 is 21.1 Å². The van der Waals surface area contributed by atoms with E-state index in [-0.39, 0.29) is 485 Å². The second kappa shape index (κ2) is 63.4. The minimum atomic E-state index is 0. The summed E-state index contributed by atoms with van der Waals surface area (Å²) in [7, 11) is 0. The molecule has 31 heteroatoms. The smallest absolute Gasteiger partial charge is 0.460 e. The van der Waals surface area contributed by atoms with Crippen molar-refractivity contribution in [3.8, 4) is 57.1 Å². The number of ether oxygens (including phenoxy) is 2. The Bertz CT molecular complexity index is 3520. The van der Waals surface area contributed by atoms with E-state index in [4.69, 9.17) is 9.47 Å². The molecular formula is C58H40N6O2Pt23. The molecule has 0 saturated heterocycles.